The minimum Gasteiger partial charge on any atom is -0.368 e. The van der Waals surface area contributed by atoms with Crippen LogP contribution in [-0.4, -0.2) is 53.5 Å². The van der Waals surface area contributed by atoms with Crippen molar-refractivity contribution in [2.75, 3.05) is 31.5 Å². The average molecular weight is 358 g/mol. The fraction of sp³-hybridized carbons (Fsp3) is 0.600. The molecular formula is C20H30N4O2. The summed E-state index contributed by atoms with van der Waals surface area (Å²) in [5.41, 5.74) is 8.31. The van der Waals surface area contributed by atoms with Gasteiger partial charge in [0.2, 0.25) is 5.91 Å². The lowest BCUT2D eigenvalue weighted by Crippen LogP contribution is -2.64. The number of hydrogen-bond donors (Lipinski definition) is 2. The van der Waals surface area contributed by atoms with E-state index in [1.807, 2.05) is 32.0 Å². The Labute approximate surface area is 155 Å². The SMILES string of the molecule is Cc1cccc(NC(=O)N2CCC(C(N)=O)(N3CCCCC3)CC2)c1C. The maximum Gasteiger partial charge on any atom is 0.321 e. The Balaban J connectivity index is 1.65. The molecule has 0 aromatic heterocycles. The summed E-state index contributed by atoms with van der Waals surface area (Å²) in [6.07, 6.45) is 4.68. The van der Waals surface area contributed by atoms with Gasteiger partial charge in [-0.3, -0.25) is 9.69 Å². The minimum absolute atomic E-state index is 0.101. The summed E-state index contributed by atoms with van der Waals surface area (Å²) >= 11 is 0. The number of hydrogen-bond acceptors (Lipinski definition) is 3. The molecule has 1 aromatic rings. The number of primary amides is 1. The van der Waals surface area contributed by atoms with Gasteiger partial charge in [-0.05, 0) is 69.8 Å². The lowest BCUT2D eigenvalue weighted by atomic mass is 9.83. The Kier molecular flexibility index (Phi) is 5.51. The van der Waals surface area contributed by atoms with Gasteiger partial charge < -0.3 is 16.0 Å². The van der Waals surface area contributed by atoms with E-state index >= 15 is 0 Å². The highest BCUT2D eigenvalue weighted by atomic mass is 16.2. The van der Waals surface area contributed by atoms with Gasteiger partial charge in [-0.15, -0.1) is 0 Å². The number of rotatable bonds is 3. The van der Waals surface area contributed by atoms with Crippen LogP contribution in [0, 0.1) is 13.8 Å². The van der Waals surface area contributed by atoms with E-state index < -0.39 is 5.54 Å². The van der Waals surface area contributed by atoms with Crippen molar-refractivity contribution in [2.24, 2.45) is 5.73 Å². The van der Waals surface area contributed by atoms with Gasteiger partial charge in [-0.25, -0.2) is 4.79 Å². The summed E-state index contributed by atoms with van der Waals surface area (Å²) in [6, 6.07) is 5.80. The number of amides is 3. The molecule has 0 radical (unpaired) electrons. The lowest BCUT2D eigenvalue weighted by molar-refractivity contribution is -0.134. The van der Waals surface area contributed by atoms with Crippen LogP contribution in [0.5, 0.6) is 0 Å². The summed E-state index contributed by atoms with van der Waals surface area (Å²) in [6.45, 7) is 7.00. The van der Waals surface area contributed by atoms with E-state index in [0.717, 1.165) is 42.7 Å². The van der Waals surface area contributed by atoms with Crippen molar-refractivity contribution in [1.82, 2.24) is 9.80 Å². The summed E-state index contributed by atoms with van der Waals surface area (Å²) < 4.78 is 0. The van der Waals surface area contributed by atoms with Crippen LogP contribution in [0.3, 0.4) is 0 Å². The molecule has 0 aliphatic carbocycles. The third-order valence-corrected chi connectivity index (χ3v) is 6.14. The maximum absolute atomic E-state index is 12.7. The number of piperidine rings is 2. The van der Waals surface area contributed by atoms with E-state index in [0.29, 0.717) is 25.9 Å². The Morgan fingerprint density at radius 2 is 1.69 bits per heavy atom. The molecule has 1 aromatic carbocycles. The molecule has 0 unspecified atom stereocenters. The van der Waals surface area contributed by atoms with E-state index in [1.54, 1.807) is 4.90 Å². The highest BCUT2D eigenvalue weighted by Crippen LogP contribution is 2.32. The van der Waals surface area contributed by atoms with Crippen LogP contribution in [0.25, 0.3) is 0 Å². The van der Waals surface area contributed by atoms with E-state index in [2.05, 4.69) is 10.2 Å². The molecule has 3 rings (SSSR count). The fourth-order valence-corrected chi connectivity index (χ4v) is 4.20. The third-order valence-electron chi connectivity index (χ3n) is 6.14. The quantitative estimate of drug-likeness (QED) is 0.872. The van der Waals surface area contributed by atoms with Crippen molar-refractivity contribution in [3.05, 3.63) is 29.3 Å². The summed E-state index contributed by atoms with van der Waals surface area (Å²) in [5, 5.41) is 3.01. The summed E-state index contributed by atoms with van der Waals surface area (Å²) in [7, 11) is 0. The van der Waals surface area contributed by atoms with E-state index in [9.17, 15) is 9.59 Å². The van der Waals surface area contributed by atoms with E-state index in [-0.39, 0.29) is 11.9 Å². The molecule has 3 N–H and O–H groups in total. The molecule has 2 heterocycles. The van der Waals surface area contributed by atoms with Crippen molar-refractivity contribution in [3.8, 4) is 0 Å². The molecule has 0 spiro atoms. The number of likely N-dealkylation sites (tertiary alicyclic amines) is 2. The molecule has 142 valence electrons. The van der Waals surface area contributed by atoms with Crippen LogP contribution in [0.1, 0.15) is 43.2 Å². The molecule has 2 aliphatic heterocycles. The van der Waals surface area contributed by atoms with Crippen LogP contribution in [-0.2, 0) is 4.79 Å². The second-order valence-electron chi connectivity index (χ2n) is 7.61. The van der Waals surface area contributed by atoms with Crippen LogP contribution >= 0.6 is 0 Å². The Morgan fingerprint density at radius 1 is 1.04 bits per heavy atom. The molecule has 6 nitrogen and oxygen atoms in total. The Hall–Kier alpha value is -2.08. The van der Waals surface area contributed by atoms with Crippen molar-refractivity contribution in [2.45, 2.75) is 51.5 Å². The predicted molar refractivity (Wildman–Crippen MR) is 103 cm³/mol. The highest BCUT2D eigenvalue weighted by molar-refractivity contribution is 5.91. The third kappa shape index (κ3) is 3.56. The second kappa shape index (κ2) is 7.66. The molecular weight excluding hydrogens is 328 g/mol. The monoisotopic (exact) mass is 358 g/mol. The van der Waals surface area contributed by atoms with Crippen molar-refractivity contribution in [1.29, 1.82) is 0 Å². The second-order valence-corrected chi connectivity index (χ2v) is 7.61. The molecule has 6 heteroatoms. The Bertz CT molecular complexity index is 674. The van der Waals surface area contributed by atoms with E-state index in [4.69, 9.17) is 5.73 Å². The summed E-state index contributed by atoms with van der Waals surface area (Å²) in [4.78, 5) is 29.0. The average Bonchev–Trinajstić information content (AvgIpc) is 2.66. The van der Waals surface area contributed by atoms with Gasteiger partial charge in [-0.2, -0.15) is 0 Å². The van der Waals surface area contributed by atoms with Gasteiger partial charge in [0.25, 0.3) is 0 Å². The number of nitrogens with two attached hydrogens (primary N) is 1. The van der Waals surface area contributed by atoms with Crippen LogP contribution in [0.15, 0.2) is 18.2 Å². The Morgan fingerprint density at radius 3 is 2.31 bits per heavy atom. The van der Waals surface area contributed by atoms with Crippen LogP contribution < -0.4 is 11.1 Å². The number of nitrogens with one attached hydrogen (secondary N) is 1. The van der Waals surface area contributed by atoms with Crippen molar-refractivity contribution < 1.29 is 9.59 Å². The smallest absolute Gasteiger partial charge is 0.321 e. The molecule has 2 fully saturated rings. The largest absolute Gasteiger partial charge is 0.368 e. The topological polar surface area (TPSA) is 78.7 Å². The van der Waals surface area contributed by atoms with Gasteiger partial charge >= 0.3 is 6.03 Å². The van der Waals surface area contributed by atoms with Gasteiger partial charge in [0.05, 0.1) is 0 Å². The van der Waals surface area contributed by atoms with Crippen LogP contribution in [0.4, 0.5) is 10.5 Å². The molecule has 2 aliphatic rings. The van der Waals surface area contributed by atoms with Gasteiger partial charge in [-0.1, -0.05) is 18.6 Å². The first-order chi connectivity index (χ1) is 12.4. The molecule has 0 saturated carbocycles. The predicted octanol–water partition coefficient (Wildman–Crippen LogP) is 2.64. The molecule has 26 heavy (non-hydrogen) atoms. The summed E-state index contributed by atoms with van der Waals surface area (Å²) in [5.74, 6) is -0.242. The van der Waals surface area contributed by atoms with Crippen molar-refractivity contribution >= 4 is 17.6 Å². The first kappa shape index (κ1) is 18.7. The molecule has 0 atom stereocenters. The fourth-order valence-electron chi connectivity index (χ4n) is 4.20. The van der Waals surface area contributed by atoms with Gasteiger partial charge in [0.1, 0.15) is 5.54 Å². The zero-order valence-corrected chi connectivity index (χ0v) is 15.9. The minimum atomic E-state index is -0.587. The standard InChI is InChI=1S/C20H30N4O2/c1-15-7-6-8-17(16(15)2)22-19(26)23-13-9-20(10-14-23,18(21)25)24-11-4-3-5-12-24/h6-8H,3-5,9-14H2,1-2H3,(H2,21,25)(H,22,26). The molecule has 2 saturated heterocycles. The maximum atomic E-state index is 12.7. The number of benzene rings is 1. The van der Waals surface area contributed by atoms with Crippen LogP contribution in [0.2, 0.25) is 0 Å². The normalized spacial score (nSPS) is 20.6. The zero-order valence-electron chi connectivity index (χ0n) is 15.9. The number of nitrogens with zero attached hydrogens (tertiary/aromatic N) is 2. The first-order valence-corrected chi connectivity index (χ1v) is 9.61. The zero-order chi connectivity index (χ0) is 18.7. The van der Waals surface area contributed by atoms with Gasteiger partial charge in [0, 0.05) is 18.8 Å². The molecule has 0 bridgehead atoms. The first-order valence-electron chi connectivity index (χ1n) is 9.61. The number of aryl methyl sites for hydroxylation is 1. The molecule has 3 amide bonds. The number of urea groups is 1. The van der Waals surface area contributed by atoms with E-state index in [1.165, 1.54) is 6.42 Å². The van der Waals surface area contributed by atoms with Gasteiger partial charge in [0.15, 0.2) is 0 Å². The number of carbonyl (C=O) groups is 2. The number of anilines is 1. The highest BCUT2D eigenvalue weighted by Gasteiger charge is 2.45. The number of carbonyl (C=O) groups excluding carboxylic acids is 2. The van der Waals surface area contributed by atoms with Crippen molar-refractivity contribution in [3.63, 3.8) is 0 Å². The lowest BCUT2D eigenvalue weighted by Gasteiger charge is -2.48.